The molecule has 0 aliphatic rings. The summed E-state index contributed by atoms with van der Waals surface area (Å²) in [6, 6.07) is 7.81. The average Bonchev–Trinajstić information content (AvgIpc) is 2.57. The summed E-state index contributed by atoms with van der Waals surface area (Å²) < 4.78 is 1.98. The van der Waals surface area contributed by atoms with Crippen molar-refractivity contribution in [1.29, 1.82) is 0 Å². The Labute approximate surface area is 111 Å². The Balaban J connectivity index is 2.27. The molecule has 2 aromatic rings. The molecule has 2 nitrogen and oxygen atoms in total. The van der Waals surface area contributed by atoms with Crippen LogP contribution in [0.15, 0.2) is 24.3 Å². The van der Waals surface area contributed by atoms with Crippen LogP contribution in [-0.2, 0) is 12.4 Å². The molecule has 1 heterocycles. The average molecular weight is 269 g/mol. The van der Waals surface area contributed by atoms with Gasteiger partial charge < -0.3 is 0 Å². The third kappa shape index (κ3) is 2.64. The summed E-state index contributed by atoms with van der Waals surface area (Å²) >= 11 is 11.8. The molecule has 90 valence electrons. The molecule has 0 radical (unpaired) electrons. The molecule has 0 bridgehead atoms. The van der Waals surface area contributed by atoms with Gasteiger partial charge in [0.25, 0.3) is 0 Å². The molecule has 0 spiro atoms. The molecular weight excluding hydrogens is 255 g/mol. The monoisotopic (exact) mass is 268 g/mol. The second-order valence-corrected chi connectivity index (χ2v) is 4.77. The first-order valence-corrected chi connectivity index (χ1v) is 6.36. The quantitative estimate of drug-likeness (QED) is 0.772. The van der Waals surface area contributed by atoms with Crippen LogP contribution in [0.25, 0.3) is 0 Å². The fourth-order valence-electron chi connectivity index (χ4n) is 1.84. The van der Waals surface area contributed by atoms with Crippen molar-refractivity contribution >= 4 is 23.2 Å². The molecule has 0 amide bonds. The van der Waals surface area contributed by atoms with Crippen LogP contribution >= 0.6 is 23.2 Å². The highest BCUT2D eigenvalue weighted by molar-refractivity contribution is 6.30. The lowest BCUT2D eigenvalue weighted by Gasteiger charge is -2.05. The molecule has 2 rings (SSSR count). The van der Waals surface area contributed by atoms with Gasteiger partial charge in [-0.15, -0.1) is 11.6 Å². The molecule has 0 aliphatic heterocycles. The molecule has 0 N–H and O–H groups in total. The molecular formula is C13H14Cl2N2. The second-order valence-electron chi connectivity index (χ2n) is 4.07. The highest BCUT2D eigenvalue weighted by Gasteiger charge is 2.10. The van der Waals surface area contributed by atoms with Crippen LogP contribution in [0, 0.1) is 13.8 Å². The summed E-state index contributed by atoms with van der Waals surface area (Å²) in [6.07, 6.45) is 0. The Hall–Kier alpha value is -0.990. The fourth-order valence-corrected chi connectivity index (χ4v) is 2.36. The minimum atomic E-state index is 0.512. The Morgan fingerprint density at radius 1 is 1.18 bits per heavy atom. The van der Waals surface area contributed by atoms with Gasteiger partial charge in [0.15, 0.2) is 0 Å². The van der Waals surface area contributed by atoms with E-state index < -0.39 is 0 Å². The molecule has 1 aromatic heterocycles. The Kier molecular flexibility index (Phi) is 3.75. The maximum atomic E-state index is 5.90. The molecule has 0 atom stereocenters. The molecule has 0 unspecified atom stereocenters. The third-order valence-electron chi connectivity index (χ3n) is 2.91. The fraction of sp³-hybridized carbons (Fsp3) is 0.308. The maximum Gasteiger partial charge on any atom is 0.0662 e. The number of aryl methyl sites for hydroxylation is 1. The van der Waals surface area contributed by atoms with Crippen LogP contribution in [-0.4, -0.2) is 9.78 Å². The highest BCUT2D eigenvalue weighted by atomic mass is 35.5. The number of hydrogen-bond donors (Lipinski definition) is 0. The summed E-state index contributed by atoms with van der Waals surface area (Å²) in [5, 5.41) is 5.25. The van der Waals surface area contributed by atoms with E-state index in [1.54, 1.807) is 0 Å². The summed E-state index contributed by atoms with van der Waals surface area (Å²) in [4.78, 5) is 0. The standard InChI is InChI=1S/C13H14Cl2N2/c1-9-13(7-14)10(2)17(16-9)8-11-3-5-12(15)6-4-11/h3-6H,7-8H2,1-2H3. The predicted octanol–water partition coefficient (Wildman–Crippen LogP) is 3.94. The molecule has 17 heavy (non-hydrogen) atoms. The van der Waals surface area contributed by atoms with Crippen LogP contribution in [0.5, 0.6) is 0 Å². The number of hydrogen-bond acceptors (Lipinski definition) is 1. The smallest absolute Gasteiger partial charge is 0.0662 e. The van der Waals surface area contributed by atoms with Crippen molar-refractivity contribution < 1.29 is 0 Å². The zero-order valence-corrected chi connectivity index (χ0v) is 11.4. The van der Waals surface area contributed by atoms with Gasteiger partial charge in [0.05, 0.1) is 18.1 Å². The van der Waals surface area contributed by atoms with E-state index in [2.05, 4.69) is 5.10 Å². The normalized spacial score (nSPS) is 10.8. The van der Waals surface area contributed by atoms with E-state index in [4.69, 9.17) is 23.2 Å². The van der Waals surface area contributed by atoms with Gasteiger partial charge in [-0.05, 0) is 31.5 Å². The largest absolute Gasteiger partial charge is 0.265 e. The van der Waals surface area contributed by atoms with Crippen LogP contribution in [0.4, 0.5) is 0 Å². The number of halogens is 2. The molecule has 0 saturated heterocycles. The lowest BCUT2D eigenvalue weighted by Crippen LogP contribution is -2.04. The van der Waals surface area contributed by atoms with Gasteiger partial charge in [0.2, 0.25) is 0 Å². The van der Waals surface area contributed by atoms with E-state index in [0.717, 1.165) is 28.5 Å². The molecule has 1 aromatic carbocycles. The van der Waals surface area contributed by atoms with Crippen LogP contribution in [0.1, 0.15) is 22.5 Å². The van der Waals surface area contributed by atoms with Crippen molar-refractivity contribution in [1.82, 2.24) is 9.78 Å². The SMILES string of the molecule is Cc1nn(Cc2ccc(Cl)cc2)c(C)c1CCl. The minimum Gasteiger partial charge on any atom is -0.265 e. The van der Waals surface area contributed by atoms with Crippen molar-refractivity contribution in [2.24, 2.45) is 0 Å². The Bertz CT molecular complexity index is 515. The Morgan fingerprint density at radius 3 is 2.35 bits per heavy atom. The van der Waals surface area contributed by atoms with Crippen LogP contribution in [0.2, 0.25) is 5.02 Å². The van der Waals surface area contributed by atoms with E-state index in [9.17, 15) is 0 Å². The lowest BCUT2D eigenvalue weighted by atomic mass is 10.2. The first-order valence-electron chi connectivity index (χ1n) is 5.45. The predicted molar refractivity (Wildman–Crippen MR) is 71.8 cm³/mol. The van der Waals surface area contributed by atoms with Crippen molar-refractivity contribution in [3.05, 3.63) is 51.8 Å². The first-order chi connectivity index (χ1) is 8.11. The topological polar surface area (TPSA) is 17.8 Å². The summed E-state index contributed by atoms with van der Waals surface area (Å²) in [7, 11) is 0. The van der Waals surface area contributed by atoms with Crippen molar-refractivity contribution in [2.45, 2.75) is 26.3 Å². The van der Waals surface area contributed by atoms with Crippen molar-refractivity contribution in [3.63, 3.8) is 0 Å². The van der Waals surface area contributed by atoms with Crippen LogP contribution in [0.3, 0.4) is 0 Å². The van der Waals surface area contributed by atoms with Gasteiger partial charge in [0.1, 0.15) is 0 Å². The minimum absolute atomic E-state index is 0.512. The lowest BCUT2D eigenvalue weighted by molar-refractivity contribution is 0.658. The van der Waals surface area contributed by atoms with E-state index in [-0.39, 0.29) is 0 Å². The van der Waals surface area contributed by atoms with Gasteiger partial charge in [-0.2, -0.15) is 5.10 Å². The van der Waals surface area contributed by atoms with Gasteiger partial charge in [0, 0.05) is 16.3 Å². The highest BCUT2D eigenvalue weighted by Crippen LogP contribution is 2.17. The van der Waals surface area contributed by atoms with Crippen LogP contribution < -0.4 is 0 Å². The third-order valence-corrected chi connectivity index (χ3v) is 3.43. The van der Waals surface area contributed by atoms with Crippen molar-refractivity contribution in [3.8, 4) is 0 Å². The molecule has 4 heteroatoms. The number of alkyl halides is 1. The first kappa shape index (κ1) is 12.5. The van der Waals surface area contributed by atoms with Gasteiger partial charge in [-0.3, -0.25) is 4.68 Å². The summed E-state index contributed by atoms with van der Waals surface area (Å²) in [6.45, 7) is 4.79. The van der Waals surface area contributed by atoms with E-state index in [1.807, 2.05) is 42.8 Å². The molecule has 0 fully saturated rings. The zero-order chi connectivity index (χ0) is 12.4. The number of benzene rings is 1. The molecule has 0 saturated carbocycles. The Morgan fingerprint density at radius 2 is 1.82 bits per heavy atom. The summed E-state index contributed by atoms with van der Waals surface area (Å²) in [5.74, 6) is 0.512. The maximum absolute atomic E-state index is 5.90. The van der Waals surface area contributed by atoms with Gasteiger partial charge in [-0.25, -0.2) is 0 Å². The van der Waals surface area contributed by atoms with Gasteiger partial charge >= 0.3 is 0 Å². The van der Waals surface area contributed by atoms with Gasteiger partial charge in [-0.1, -0.05) is 23.7 Å². The number of nitrogens with zero attached hydrogens (tertiary/aromatic N) is 2. The van der Waals surface area contributed by atoms with E-state index in [0.29, 0.717) is 5.88 Å². The van der Waals surface area contributed by atoms with Crippen molar-refractivity contribution in [2.75, 3.05) is 0 Å². The summed E-state index contributed by atoms with van der Waals surface area (Å²) in [5.41, 5.74) is 4.45. The molecule has 0 aliphatic carbocycles. The van der Waals surface area contributed by atoms with E-state index >= 15 is 0 Å². The number of aromatic nitrogens is 2. The number of rotatable bonds is 3. The van der Waals surface area contributed by atoms with E-state index in [1.165, 1.54) is 5.56 Å². The zero-order valence-electron chi connectivity index (χ0n) is 9.87. The second kappa shape index (κ2) is 5.11.